The maximum Gasteiger partial charge on any atom is 0.120 e. The number of hydrogen-bond donors (Lipinski definition) is 0. The molecule has 16 heavy (non-hydrogen) atoms. The topological polar surface area (TPSA) is 26.5 Å². The molecule has 0 saturated heterocycles. The van der Waals surface area contributed by atoms with Crippen molar-refractivity contribution in [2.24, 2.45) is 12.0 Å². The van der Waals surface area contributed by atoms with E-state index < -0.39 is 0 Å². The second-order valence-electron chi connectivity index (χ2n) is 4.09. The van der Waals surface area contributed by atoms with Crippen molar-refractivity contribution < 1.29 is 4.74 Å². The van der Waals surface area contributed by atoms with E-state index in [2.05, 4.69) is 28.7 Å². The van der Waals surface area contributed by atoms with Gasteiger partial charge in [0, 0.05) is 31.3 Å². The van der Waals surface area contributed by atoms with Gasteiger partial charge in [-0.15, -0.1) is 0 Å². The van der Waals surface area contributed by atoms with Crippen molar-refractivity contribution in [3.8, 4) is 5.75 Å². The molecule has 0 spiro atoms. The molecule has 3 heteroatoms. The van der Waals surface area contributed by atoms with Crippen LogP contribution < -0.4 is 4.74 Å². The molecule has 0 atom stereocenters. The van der Waals surface area contributed by atoms with Crippen molar-refractivity contribution in [1.29, 1.82) is 0 Å². The summed E-state index contributed by atoms with van der Waals surface area (Å²) < 4.78 is 7.45. The van der Waals surface area contributed by atoms with Crippen LogP contribution in [0.2, 0.25) is 0 Å². The summed E-state index contributed by atoms with van der Waals surface area (Å²) in [7, 11) is 3.78. The number of benzene rings is 1. The Balaban J connectivity index is 2.36. The molecule has 82 valence electrons. The summed E-state index contributed by atoms with van der Waals surface area (Å²) in [4.78, 5) is 4.34. The first-order valence-electron chi connectivity index (χ1n) is 5.46. The van der Waals surface area contributed by atoms with Crippen molar-refractivity contribution in [1.82, 2.24) is 4.57 Å². The molecular formula is C13H14N2O. The summed E-state index contributed by atoms with van der Waals surface area (Å²) >= 11 is 0. The Morgan fingerprint density at radius 3 is 3.06 bits per heavy atom. The monoisotopic (exact) mass is 214 g/mol. The summed E-state index contributed by atoms with van der Waals surface area (Å²) in [5.74, 6) is 0.905. The number of fused-ring (bicyclic) bond motifs is 3. The first-order valence-corrected chi connectivity index (χ1v) is 5.46. The van der Waals surface area contributed by atoms with Crippen molar-refractivity contribution in [3.63, 3.8) is 0 Å². The summed E-state index contributed by atoms with van der Waals surface area (Å²) in [6.45, 7) is 0.901. The predicted octanol–water partition coefficient (Wildman–Crippen LogP) is 2.16. The van der Waals surface area contributed by atoms with Crippen LogP contribution >= 0.6 is 0 Å². The molecule has 1 aliphatic heterocycles. The lowest BCUT2D eigenvalue weighted by Crippen LogP contribution is -2.04. The van der Waals surface area contributed by atoms with Crippen molar-refractivity contribution in [2.75, 3.05) is 13.7 Å². The van der Waals surface area contributed by atoms with E-state index in [-0.39, 0.29) is 0 Å². The van der Waals surface area contributed by atoms with Crippen LogP contribution in [0.25, 0.3) is 10.9 Å². The molecule has 0 aliphatic carbocycles. The van der Waals surface area contributed by atoms with Gasteiger partial charge in [0.15, 0.2) is 0 Å². The van der Waals surface area contributed by atoms with Gasteiger partial charge in [-0.1, -0.05) is 0 Å². The molecule has 3 rings (SSSR count). The van der Waals surface area contributed by atoms with Gasteiger partial charge < -0.3 is 9.30 Å². The molecule has 2 aromatic rings. The van der Waals surface area contributed by atoms with Gasteiger partial charge in [0.1, 0.15) is 5.75 Å². The van der Waals surface area contributed by atoms with Crippen LogP contribution in [0.4, 0.5) is 0 Å². The second kappa shape index (κ2) is 3.37. The maximum absolute atomic E-state index is 5.26. The van der Waals surface area contributed by atoms with E-state index in [1.165, 1.54) is 22.2 Å². The van der Waals surface area contributed by atoms with E-state index >= 15 is 0 Å². The lowest BCUT2D eigenvalue weighted by molar-refractivity contribution is 0.415. The number of rotatable bonds is 1. The number of methoxy groups -OCH3 is 1. The van der Waals surface area contributed by atoms with Gasteiger partial charge in [-0.25, -0.2) is 0 Å². The van der Waals surface area contributed by atoms with Gasteiger partial charge in [0.2, 0.25) is 0 Å². The van der Waals surface area contributed by atoms with E-state index in [1.54, 1.807) is 7.11 Å². The van der Waals surface area contributed by atoms with E-state index in [0.29, 0.717) is 0 Å². The highest BCUT2D eigenvalue weighted by Gasteiger charge is 2.15. The Morgan fingerprint density at radius 2 is 2.25 bits per heavy atom. The Hall–Kier alpha value is -1.77. The third kappa shape index (κ3) is 1.18. The molecule has 1 aromatic carbocycles. The molecule has 0 amide bonds. The fraction of sp³-hybridized carbons (Fsp3) is 0.308. The minimum absolute atomic E-state index is 0.901. The molecule has 3 nitrogen and oxygen atoms in total. The molecule has 0 bridgehead atoms. The van der Waals surface area contributed by atoms with Crippen molar-refractivity contribution in [2.45, 2.75) is 6.42 Å². The third-order valence-corrected chi connectivity index (χ3v) is 3.27. The number of aliphatic imine (C=N–C) groups is 1. The van der Waals surface area contributed by atoms with Crippen LogP contribution in [-0.4, -0.2) is 24.4 Å². The third-order valence-electron chi connectivity index (χ3n) is 3.27. The fourth-order valence-corrected chi connectivity index (χ4v) is 2.40. The minimum atomic E-state index is 0.901. The summed E-state index contributed by atoms with van der Waals surface area (Å²) in [6.07, 6.45) is 3.01. The zero-order valence-corrected chi connectivity index (χ0v) is 9.53. The van der Waals surface area contributed by atoms with Gasteiger partial charge in [-0.3, -0.25) is 4.99 Å². The lowest BCUT2D eigenvalue weighted by atomic mass is 10.1. The number of aryl methyl sites for hydroxylation is 1. The first kappa shape index (κ1) is 9.46. The van der Waals surface area contributed by atoms with Gasteiger partial charge in [-0.05, 0) is 24.1 Å². The molecule has 2 heterocycles. The fourth-order valence-electron chi connectivity index (χ4n) is 2.40. The normalized spacial score (nSPS) is 14.1. The highest BCUT2D eigenvalue weighted by Crippen LogP contribution is 2.29. The highest BCUT2D eigenvalue weighted by atomic mass is 16.5. The van der Waals surface area contributed by atoms with Gasteiger partial charge in [-0.2, -0.15) is 0 Å². The standard InChI is InChI=1S/C13H14N2O/c1-15-12-7-9(16-2)3-4-10(12)11-5-6-14-8-13(11)15/h3-4,7-8H,5-6H2,1-2H3. The van der Waals surface area contributed by atoms with Crippen molar-refractivity contribution >= 4 is 17.1 Å². The number of ether oxygens (including phenoxy) is 1. The van der Waals surface area contributed by atoms with E-state index in [0.717, 1.165) is 18.7 Å². The van der Waals surface area contributed by atoms with Crippen LogP contribution in [0.15, 0.2) is 23.2 Å². The number of nitrogens with zero attached hydrogens (tertiary/aromatic N) is 2. The van der Waals surface area contributed by atoms with Crippen LogP contribution in [0, 0.1) is 0 Å². The maximum atomic E-state index is 5.26. The summed E-state index contributed by atoms with van der Waals surface area (Å²) in [5.41, 5.74) is 3.86. The highest BCUT2D eigenvalue weighted by molar-refractivity contribution is 5.96. The predicted molar refractivity (Wildman–Crippen MR) is 65.6 cm³/mol. The second-order valence-corrected chi connectivity index (χ2v) is 4.09. The van der Waals surface area contributed by atoms with Crippen LogP contribution in [0.5, 0.6) is 5.75 Å². The first-order chi connectivity index (χ1) is 7.81. The average Bonchev–Trinajstić information content (AvgIpc) is 2.64. The minimum Gasteiger partial charge on any atom is -0.497 e. The Labute approximate surface area is 94.4 Å². The molecule has 0 saturated carbocycles. The summed E-state index contributed by atoms with van der Waals surface area (Å²) in [5, 5.41) is 1.32. The van der Waals surface area contributed by atoms with Gasteiger partial charge >= 0.3 is 0 Å². The lowest BCUT2D eigenvalue weighted by Gasteiger charge is -2.05. The van der Waals surface area contributed by atoms with E-state index in [9.17, 15) is 0 Å². The zero-order chi connectivity index (χ0) is 11.1. The Morgan fingerprint density at radius 1 is 1.38 bits per heavy atom. The van der Waals surface area contributed by atoms with E-state index in [4.69, 9.17) is 4.74 Å². The molecule has 1 aromatic heterocycles. The zero-order valence-electron chi connectivity index (χ0n) is 9.53. The van der Waals surface area contributed by atoms with Crippen LogP contribution in [0.1, 0.15) is 11.3 Å². The quantitative estimate of drug-likeness (QED) is 0.714. The number of aromatic nitrogens is 1. The van der Waals surface area contributed by atoms with E-state index in [1.807, 2.05) is 12.3 Å². The summed E-state index contributed by atoms with van der Waals surface area (Å²) in [6, 6.07) is 6.25. The largest absolute Gasteiger partial charge is 0.497 e. The molecule has 0 fully saturated rings. The molecule has 0 radical (unpaired) electrons. The average molecular weight is 214 g/mol. The molecule has 1 aliphatic rings. The molecular weight excluding hydrogens is 200 g/mol. The number of hydrogen-bond acceptors (Lipinski definition) is 2. The van der Waals surface area contributed by atoms with Crippen LogP contribution in [-0.2, 0) is 13.5 Å². The SMILES string of the molecule is COc1ccc2c3c(n(C)c2c1)C=NCC3. The smallest absolute Gasteiger partial charge is 0.120 e. The molecule has 0 N–H and O–H groups in total. The van der Waals surface area contributed by atoms with Gasteiger partial charge in [0.05, 0.1) is 18.3 Å². The van der Waals surface area contributed by atoms with Gasteiger partial charge in [0.25, 0.3) is 0 Å². The molecule has 0 unspecified atom stereocenters. The van der Waals surface area contributed by atoms with Crippen LogP contribution in [0.3, 0.4) is 0 Å². The Kier molecular flexibility index (Phi) is 1.99. The van der Waals surface area contributed by atoms with Crippen molar-refractivity contribution in [3.05, 3.63) is 29.5 Å². The Bertz CT molecular complexity index is 581.